The fourth-order valence-corrected chi connectivity index (χ4v) is 5.10. The molecule has 1 saturated carbocycles. The van der Waals surface area contributed by atoms with Crippen molar-refractivity contribution in [2.45, 2.75) is 51.2 Å². The first-order chi connectivity index (χ1) is 18.2. The van der Waals surface area contributed by atoms with Crippen LogP contribution in [0.1, 0.15) is 65.2 Å². The smallest absolute Gasteiger partial charge is 0.251 e. The first-order valence-electron chi connectivity index (χ1n) is 13.0. The Kier molecular flexibility index (Phi) is 8.17. The van der Waals surface area contributed by atoms with Gasteiger partial charge in [0.05, 0.1) is 12.2 Å². The van der Waals surface area contributed by atoms with Crippen LogP contribution in [0.25, 0.3) is 11.1 Å². The van der Waals surface area contributed by atoms with Gasteiger partial charge in [-0.25, -0.2) is 0 Å². The Hall–Kier alpha value is -3.63. The molecule has 0 atom stereocenters. The molecule has 188 valence electrons. The lowest BCUT2D eigenvalue weighted by Gasteiger charge is -2.22. The number of nitrogens with one attached hydrogen (secondary N) is 1. The summed E-state index contributed by atoms with van der Waals surface area (Å²) >= 11 is 6.12. The van der Waals surface area contributed by atoms with E-state index < -0.39 is 0 Å². The predicted molar refractivity (Wildman–Crippen MR) is 149 cm³/mol. The predicted octanol–water partition coefficient (Wildman–Crippen LogP) is 7.96. The molecule has 1 heterocycles. The summed E-state index contributed by atoms with van der Waals surface area (Å²) in [6.45, 7) is 0.722. The fourth-order valence-electron chi connectivity index (χ4n) is 4.97. The van der Waals surface area contributed by atoms with E-state index in [0.717, 1.165) is 28.1 Å². The van der Waals surface area contributed by atoms with Gasteiger partial charge in [0.15, 0.2) is 0 Å². The quantitative estimate of drug-likeness (QED) is 0.261. The Morgan fingerprint density at radius 2 is 1.70 bits per heavy atom. The van der Waals surface area contributed by atoms with Crippen molar-refractivity contribution in [3.05, 3.63) is 119 Å². The van der Waals surface area contributed by atoms with Crippen LogP contribution in [0.3, 0.4) is 0 Å². The zero-order chi connectivity index (χ0) is 25.5. The van der Waals surface area contributed by atoms with Gasteiger partial charge in [0.2, 0.25) is 0 Å². The highest BCUT2D eigenvalue weighted by Gasteiger charge is 2.16. The van der Waals surface area contributed by atoms with Gasteiger partial charge in [-0.2, -0.15) is 0 Å². The van der Waals surface area contributed by atoms with E-state index >= 15 is 0 Å². The Labute approximate surface area is 223 Å². The van der Waals surface area contributed by atoms with Gasteiger partial charge in [-0.1, -0.05) is 67.3 Å². The number of rotatable bonds is 8. The Balaban J connectivity index is 1.33. The number of ether oxygens (including phenoxy) is 1. The fraction of sp³-hybridized carbons (Fsp3) is 0.250. The molecule has 0 unspecified atom stereocenters. The van der Waals surface area contributed by atoms with Gasteiger partial charge < -0.3 is 10.1 Å². The summed E-state index contributed by atoms with van der Waals surface area (Å²) in [6.07, 6.45) is 8.28. The largest absolute Gasteiger partial charge is 0.489 e. The topological polar surface area (TPSA) is 51.2 Å². The van der Waals surface area contributed by atoms with Crippen LogP contribution in [-0.2, 0) is 13.2 Å². The standard InChI is InChI=1S/C32H31ClN2O2/c33-28-14-9-25(10-15-28)31-18-13-26(32(36)35-21-29-8-4-5-19-34-29)20-27(31)22-37-30-16-11-24(12-17-30)23-6-2-1-3-7-23/h4-5,8-20,23H,1-3,6-7,21-22H2,(H,35,36). The number of hydrogen-bond donors (Lipinski definition) is 1. The summed E-state index contributed by atoms with van der Waals surface area (Å²) in [5.74, 6) is 1.35. The monoisotopic (exact) mass is 510 g/mol. The minimum atomic E-state index is -0.147. The summed E-state index contributed by atoms with van der Waals surface area (Å²) < 4.78 is 6.22. The maximum atomic E-state index is 12.9. The second-order valence-corrected chi connectivity index (χ2v) is 10.0. The summed E-state index contributed by atoms with van der Waals surface area (Å²) in [7, 11) is 0. The third kappa shape index (κ3) is 6.58. The maximum Gasteiger partial charge on any atom is 0.251 e. The molecule has 37 heavy (non-hydrogen) atoms. The number of benzene rings is 3. The number of amides is 1. The highest BCUT2D eigenvalue weighted by molar-refractivity contribution is 6.30. The molecule has 1 N–H and O–H groups in total. The molecule has 4 nitrogen and oxygen atoms in total. The van der Waals surface area contributed by atoms with E-state index in [2.05, 4.69) is 34.6 Å². The zero-order valence-corrected chi connectivity index (χ0v) is 21.6. The number of aromatic nitrogens is 1. The van der Waals surface area contributed by atoms with Crippen LogP contribution < -0.4 is 10.1 Å². The normalized spacial score (nSPS) is 13.8. The van der Waals surface area contributed by atoms with Crippen LogP contribution >= 0.6 is 11.6 Å². The van der Waals surface area contributed by atoms with Gasteiger partial charge in [-0.05, 0) is 89.5 Å². The third-order valence-electron chi connectivity index (χ3n) is 7.03. The van der Waals surface area contributed by atoms with Crippen LogP contribution in [-0.4, -0.2) is 10.9 Å². The van der Waals surface area contributed by atoms with Crippen molar-refractivity contribution in [1.29, 1.82) is 0 Å². The molecule has 5 rings (SSSR count). The molecule has 0 radical (unpaired) electrons. The molecule has 1 amide bonds. The van der Waals surface area contributed by atoms with Gasteiger partial charge in [-0.3, -0.25) is 9.78 Å². The molecule has 0 aliphatic heterocycles. The second kappa shape index (κ2) is 12.1. The van der Waals surface area contributed by atoms with Crippen molar-refractivity contribution >= 4 is 17.5 Å². The molecule has 0 bridgehead atoms. The van der Waals surface area contributed by atoms with Gasteiger partial charge in [-0.15, -0.1) is 0 Å². The molecular formula is C32H31ClN2O2. The number of pyridine rings is 1. The van der Waals surface area contributed by atoms with Crippen LogP contribution in [0.4, 0.5) is 0 Å². The van der Waals surface area contributed by atoms with Crippen molar-refractivity contribution < 1.29 is 9.53 Å². The number of halogens is 1. The van der Waals surface area contributed by atoms with Crippen molar-refractivity contribution in [2.75, 3.05) is 0 Å². The van der Waals surface area contributed by atoms with Crippen LogP contribution in [0.2, 0.25) is 5.02 Å². The molecule has 1 aliphatic rings. The van der Waals surface area contributed by atoms with E-state index in [4.69, 9.17) is 16.3 Å². The molecule has 1 fully saturated rings. The van der Waals surface area contributed by atoms with Crippen molar-refractivity contribution in [3.63, 3.8) is 0 Å². The van der Waals surface area contributed by atoms with E-state index in [1.54, 1.807) is 6.20 Å². The van der Waals surface area contributed by atoms with Gasteiger partial charge in [0.1, 0.15) is 12.4 Å². The number of hydrogen-bond acceptors (Lipinski definition) is 3. The molecule has 1 aromatic heterocycles. The minimum Gasteiger partial charge on any atom is -0.489 e. The molecule has 1 aliphatic carbocycles. The van der Waals surface area contributed by atoms with E-state index in [0.29, 0.717) is 29.7 Å². The first kappa shape index (κ1) is 25.0. The zero-order valence-electron chi connectivity index (χ0n) is 20.8. The second-order valence-electron chi connectivity index (χ2n) is 9.58. The van der Waals surface area contributed by atoms with Gasteiger partial charge >= 0.3 is 0 Å². The highest BCUT2D eigenvalue weighted by atomic mass is 35.5. The van der Waals surface area contributed by atoms with Crippen LogP contribution in [0.15, 0.2) is 91.1 Å². The van der Waals surface area contributed by atoms with Crippen LogP contribution in [0, 0.1) is 0 Å². The molecule has 0 spiro atoms. The lowest BCUT2D eigenvalue weighted by Crippen LogP contribution is -2.23. The minimum absolute atomic E-state index is 0.147. The average Bonchev–Trinajstić information content (AvgIpc) is 2.96. The number of carbonyl (C=O) groups excluding carboxylic acids is 1. The average molecular weight is 511 g/mol. The summed E-state index contributed by atoms with van der Waals surface area (Å²) in [4.78, 5) is 17.2. The summed E-state index contributed by atoms with van der Waals surface area (Å²) in [5, 5.41) is 3.65. The number of nitrogens with zero attached hydrogens (tertiary/aromatic N) is 1. The van der Waals surface area contributed by atoms with Crippen molar-refractivity contribution in [2.24, 2.45) is 0 Å². The maximum absolute atomic E-state index is 12.9. The molecular weight excluding hydrogens is 480 g/mol. The Morgan fingerprint density at radius 1 is 0.919 bits per heavy atom. The highest BCUT2D eigenvalue weighted by Crippen LogP contribution is 2.33. The lowest BCUT2D eigenvalue weighted by molar-refractivity contribution is 0.0950. The Morgan fingerprint density at radius 3 is 2.43 bits per heavy atom. The summed E-state index contributed by atoms with van der Waals surface area (Å²) in [5.41, 5.74) is 5.77. The van der Waals surface area contributed by atoms with E-state index in [9.17, 15) is 4.79 Å². The van der Waals surface area contributed by atoms with E-state index in [1.807, 2.05) is 60.7 Å². The van der Waals surface area contributed by atoms with Crippen molar-refractivity contribution in [1.82, 2.24) is 10.3 Å². The SMILES string of the molecule is O=C(NCc1ccccn1)c1ccc(-c2ccc(Cl)cc2)c(COc2ccc(C3CCCCC3)cc2)c1. The van der Waals surface area contributed by atoms with Crippen LogP contribution in [0.5, 0.6) is 5.75 Å². The van der Waals surface area contributed by atoms with E-state index in [-0.39, 0.29) is 5.91 Å². The lowest BCUT2D eigenvalue weighted by atomic mass is 9.84. The van der Waals surface area contributed by atoms with Gasteiger partial charge in [0, 0.05) is 16.8 Å². The molecule has 0 saturated heterocycles. The first-order valence-corrected chi connectivity index (χ1v) is 13.3. The van der Waals surface area contributed by atoms with Crippen molar-refractivity contribution in [3.8, 4) is 16.9 Å². The van der Waals surface area contributed by atoms with Gasteiger partial charge in [0.25, 0.3) is 5.91 Å². The number of carbonyl (C=O) groups is 1. The molecule has 4 aromatic rings. The molecule has 5 heteroatoms. The molecule has 3 aromatic carbocycles. The third-order valence-corrected chi connectivity index (χ3v) is 7.28. The van der Waals surface area contributed by atoms with E-state index in [1.165, 1.54) is 37.7 Å². The summed E-state index contributed by atoms with van der Waals surface area (Å²) in [6, 6.07) is 27.6. The Bertz CT molecular complexity index is 1320.